The number of ketones is 2. The van der Waals surface area contributed by atoms with Gasteiger partial charge < -0.3 is 0 Å². The van der Waals surface area contributed by atoms with Gasteiger partial charge in [-0.1, -0.05) is 108 Å². The van der Waals surface area contributed by atoms with E-state index in [9.17, 15) is 9.59 Å². The largest absolute Gasteiger partial charge is 0.293 e. The first-order valence-electron chi connectivity index (χ1n) is 12.7. The quantitative estimate of drug-likeness (QED) is 0.140. The summed E-state index contributed by atoms with van der Waals surface area (Å²) in [5.41, 5.74) is 11.5. The smallest absolute Gasteiger partial charge is 0.175 e. The van der Waals surface area contributed by atoms with Crippen molar-refractivity contribution in [1.29, 1.82) is 0 Å². The minimum absolute atomic E-state index is 0.0806. The zero-order valence-electron chi connectivity index (χ0n) is 20.8. The molecule has 0 amide bonds. The first-order valence-corrected chi connectivity index (χ1v) is 15.5. The highest BCUT2D eigenvalue weighted by Crippen LogP contribution is 2.38. The molecule has 39 heavy (non-hydrogen) atoms. The number of aromatic nitrogens is 2. The third kappa shape index (κ3) is 4.75. The third-order valence-corrected chi connectivity index (χ3v) is 10.5. The van der Waals surface area contributed by atoms with E-state index in [1.54, 1.807) is 0 Å². The normalized spacial score (nSPS) is 12.5. The van der Waals surface area contributed by atoms with E-state index >= 15 is 0 Å². The molecule has 1 heterocycles. The highest BCUT2D eigenvalue weighted by Gasteiger charge is 2.21. The van der Waals surface area contributed by atoms with Crippen LogP contribution in [0.2, 0.25) is 0 Å². The molecule has 2 aliphatic rings. The predicted molar refractivity (Wildman–Crippen MR) is 159 cm³/mol. The molecule has 0 saturated carbocycles. The van der Waals surface area contributed by atoms with Crippen LogP contribution in [-0.2, 0) is 12.8 Å². The summed E-state index contributed by atoms with van der Waals surface area (Å²) in [5, 5.41) is 8.47. The van der Waals surface area contributed by atoms with Crippen molar-refractivity contribution in [2.75, 3.05) is 11.5 Å². The van der Waals surface area contributed by atoms with Crippen LogP contribution in [0.1, 0.15) is 43.0 Å². The lowest BCUT2D eigenvalue weighted by Crippen LogP contribution is -2.03. The van der Waals surface area contributed by atoms with Crippen LogP contribution in [0.15, 0.2) is 93.6 Å². The summed E-state index contributed by atoms with van der Waals surface area (Å²) < 4.78 is 1.48. The van der Waals surface area contributed by atoms with Crippen molar-refractivity contribution in [3.63, 3.8) is 0 Å². The molecule has 0 fully saturated rings. The minimum atomic E-state index is 0.0806. The molecular formula is C32H22N2O2S3. The number of carbonyl (C=O) groups is 2. The number of hydrogen-bond donors (Lipinski definition) is 0. The van der Waals surface area contributed by atoms with Gasteiger partial charge in [0.05, 0.1) is 11.5 Å². The van der Waals surface area contributed by atoms with Gasteiger partial charge in [-0.3, -0.25) is 9.59 Å². The summed E-state index contributed by atoms with van der Waals surface area (Å²) in [5.74, 6) is 0.775. The Kier molecular flexibility index (Phi) is 6.43. The van der Waals surface area contributed by atoms with Crippen LogP contribution < -0.4 is 0 Å². The Hall–Kier alpha value is -3.52. The number of thioether (sulfide) groups is 2. The van der Waals surface area contributed by atoms with Crippen molar-refractivity contribution >= 4 is 46.4 Å². The number of nitrogens with zero attached hydrogens (tertiary/aromatic N) is 2. The van der Waals surface area contributed by atoms with Gasteiger partial charge >= 0.3 is 0 Å². The predicted octanol–water partition coefficient (Wildman–Crippen LogP) is 7.63. The van der Waals surface area contributed by atoms with Crippen LogP contribution in [0.4, 0.5) is 0 Å². The van der Waals surface area contributed by atoms with Crippen LogP contribution in [-0.4, -0.2) is 33.3 Å². The third-order valence-electron chi connectivity index (χ3n) is 7.27. The lowest BCUT2D eigenvalue weighted by molar-refractivity contribution is 0.101. The number of benzene rings is 4. The van der Waals surface area contributed by atoms with Gasteiger partial charge in [-0.05, 0) is 69.5 Å². The van der Waals surface area contributed by atoms with Crippen LogP contribution in [0.25, 0.3) is 22.3 Å². The summed E-state index contributed by atoms with van der Waals surface area (Å²) in [4.78, 5) is 25.8. The number of rotatable bonds is 8. The van der Waals surface area contributed by atoms with Gasteiger partial charge in [-0.2, -0.15) is 0 Å². The van der Waals surface area contributed by atoms with E-state index in [2.05, 4.69) is 70.9 Å². The molecular weight excluding hydrogens is 541 g/mol. The van der Waals surface area contributed by atoms with Gasteiger partial charge in [0.2, 0.25) is 0 Å². The maximum Gasteiger partial charge on any atom is 0.175 e. The second-order valence-corrected chi connectivity index (χ2v) is 13.1. The molecule has 0 unspecified atom stereocenters. The van der Waals surface area contributed by atoms with Crippen molar-refractivity contribution < 1.29 is 9.59 Å². The lowest BCUT2D eigenvalue weighted by Gasteiger charge is -2.04. The summed E-state index contributed by atoms with van der Waals surface area (Å²) in [6.07, 6.45) is 1.74. The molecule has 190 valence electrons. The number of hydrogen-bond acceptors (Lipinski definition) is 7. The van der Waals surface area contributed by atoms with Gasteiger partial charge in [0.25, 0.3) is 0 Å². The van der Waals surface area contributed by atoms with E-state index in [4.69, 9.17) is 0 Å². The Morgan fingerprint density at radius 3 is 1.51 bits per heavy atom. The average Bonchev–Trinajstić information content (AvgIpc) is 3.68. The van der Waals surface area contributed by atoms with Gasteiger partial charge in [-0.15, -0.1) is 10.2 Å². The van der Waals surface area contributed by atoms with E-state index in [1.807, 2.05) is 24.3 Å². The van der Waals surface area contributed by atoms with Gasteiger partial charge in [0.15, 0.2) is 20.2 Å². The number of fused-ring (bicyclic) bond motifs is 6. The fourth-order valence-electron chi connectivity index (χ4n) is 5.37. The maximum absolute atomic E-state index is 12.9. The molecule has 7 heteroatoms. The highest BCUT2D eigenvalue weighted by molar-refractivity contribution is 8.03. The average molecular weight is 563 g/mol. The van der Waals surface area contributed by atoms with E-state index < -0.39 is 0 Å². The highest BCUT2D eigenvalue weighted by atomic mass is 32.2. The second-order valence-electron chi connectivity index (χ2n) is 9.67. The topological polar surface area (TPSA) is 59.9 Å². The molecule has 4 nitrogen and oxygen atoms in total. The molecule has 4 aromatic carbocycles. The fraction of sp³-hybridized carbons (Fsp3) is 0.125. The second kappa shape index (κ2) is 10.2. The molecule has 0 radical (unpaired) electrons. The van der Waals surface area contributed by atoms with Crippen molar-refractivity contribution in [2.24, 2.45) is 0 Å². The number of carbonyl (C=O) groups excluding carboxylic acids is 2. The Bertz CT molecular complexity index is 1650. The molecule has 0 spiro atoms. The monoisotopic (exact) mass is 562 g/mol. The van der Waals surface area contributed by atoms with Crippen LogP contribution in [0.5, 0.6) is 0 Å². The first-order chi connectivity index (χ1) is 19.1. The standard InChI is InChI=1S/C32H22N2O2S3/c35-29(21-9-11-27-23(15-21)13-19-5-1-3-7-25(19)27)17-37-31-33-34-32(39-31)38-18-30(36)22-10-12-28-24(16-22)14-20-6-2-4-8-26(20)28/h1-12,15-16H,13-14,17-18H2. The molecule has 1 aromatic heterocycles. The number of Topliss-reactive ketones (excluding diaryl/α,β-unsaturated/α-hetero) is 2. The van der Waals surface area contributed by atoms with Crippen molar-refractivity contribution in [3.05, 3.63) is 118 Å². The molecule has 0 aliphatic heterocycles. The fourth-order valence-corrected chi connectivity index (χ4v) is 8.18. The Balaban J connectivity index is 0.941. The van der Waals surface area contributed by atoms with E-state index in [1.165, 1.54) is 79.4 Å². The van der Waals surface area contributed by atoms with Crippen molar-refractivity contribution in [3.8, 4) is 22.3 Å². The molecule has 2 aliphatic carbocycles. The van der Waals surface area contributed by atoms with Crippen LogP contribution >= 0.6 is 34.9 Å². The summed E-state index contributed by atoms with van der Waals surface area (Å²) in [6, 6.07) is 28.9. The van der Waals surface area contributed by atoms with Gasteiger partial charge in [0.1, 0.15) is 0 Å². The van der Waals surface area contributed by atoms with E-state index in [0.29, 0.717) is 11.5 Å². The molecule has 0 atom stereocenters. The Labute approximate surface area is 238 Å². The van der Waals surface area contributed by atoms with Gasteiger partial charge in [0, 0.05) is 11.1 Å². The summed E-state index contributed by atoms with van der Waals surface area (Å²) >= 11 is 4.23. The molecule has 0 N–H and O–H groups in total. The lowest BCUT2D eigenvalue weighted by atomic mass is 10.0. The van der Waals surface area contributed by atoms with Crippen molar-refractivity contribution in [2.45, 2.75) is 21.5 Å². The summed E-state index contributed by atoms with van der Waals surface area (Å²) in [7, 11) is 0. The van der Waals surface area contributed by atoms with Crippen LogP contribution in [0.3, 0.4) is 0 Å². The molecule has 7 rings (SSSR count). The van der Waals surface area contributed by atoms with E-state index in [0.717, 1.165) is 32.6 Å². The zero-order chi connectivity index (χ0) is 26.3. The minimum Gasteiger partial charge on any atom is -0.293 e. The Morgan fingerprint density at radius 1 is 0.590 bits per heavy atom. The SMILES string of the molecule is O=C(CSc1nnc(SCC(=O)c2ccc3c(c2)Cc2ccccc2-3)s1)c1ccc2c(c1)Cc1ccccc1-2. The van der Waals surface area contributed by atoms with Crippen molar-refractivity contribution in [1.82, 2.24) is 10.2 Å². The Morgan fingerprint density at radius 2 is 1.03 bits per heavy atom. The van der Waals surface area contributed by atoms with Crippen LogP contribution in [0, 0.1) is 0 Å². The molecule has 0 saturated heterocycles. The first kappa shape index (κ1) is 24.5. The van der Waals surface area contributed by atoms with E-state index in [-0.39, 0.29) is 11.6 Å². The molecule has 5 aromatic rings. The maximum atomic E-state index is 12.9. The zero-order valence-corrected chi connectivity index (χ0v) is 23.3. The summed E-state index contributed by atoms with van der Waals surface area (Å²) in [6.45, 7) is 0. The molecule has 0 bridgehead atoms. The van der Waals surface area contributed by atoms with Gasteiger partial charge in [-0.25, -0.2) is 0 Å².